The number of benzene rings is 2. The van der Waals surface area contributed by atoms with Gasteiger partial charge in [-0.3, -0.25) is 5.10 Å². The first-order chi connectivity index (χ1) is 12.3. The topological polar surface area (TPSA) is 67.6 Å². The number of H-pyrrole nitrogens is 1. The van der Waals surface area contributed by atoms with Crippen LogP contribution in [-0.2, 0) is 5.75 Å². The Kier molecular flexibility index (Phi) is 4.67. The lowest BCUT2D eigenvalue weighted by molar-refractivity contribution is 0.573. The zero-order valence-corrected chi connectivity index (χ0v) is 15.4. The third kappa shape index (κ3) is 3.67. The van der Waals surface area contributed by atoms with Crippen LogP contribution in [0.25, 0.3) is 22.8 Å². The molecule has 124 valence electrons. The van der Waals surface area contributed by atoms with Crippen LogP contribution >= 0.6 is 27.7 Å². The molecule has 2 aromatic heterocycles. The number of nitrogens with one attached hydrogen (secondary N) is 1. The van der Waals surface area contributed by atoms with E-state index in [1.165, 1.54) is 11.8 Å². The van der Waals surface area contributed by atoms with Crippen LogP contribution < -0.4 is 0 Å². The first-order valence-electron chi connectivity index (χ1n) is 7.59. The van der Waals surface area contributed by atoms with Gasteiger partial charge < -0.3 is 4.42 Å². The predicted molar refractivity (Wildman–Crippen MR) is 101 cm³/mol. The van der Waals surface area contributed by atoms with Gasteiger partial charge in [0.15, 0.2) is 5.82 Å². The fraction of sp³-hybridized carbons (Fsp3) is 0.0556. The molecule has 0 fully saturated rings. The average molecular weight is 413 g/mol. The summed E-state index contributed by atoms with van der Waals surface area (Å²) in [6.45, 7) is 0. The smallest absolute Gasteiger partial charge is 0.226 e. The van der Waals surface area contributed by atoms with E-state index in [-0.39, 0.29) is 0 Å². The van der Waals surface area contributed by atoms with Gasteiger partial charge in [-0.15, -0.1) is 5.10 Å². The minimum Gasteiger partial charge on any atom is -0.444 e. The Morgan fingerprint density at radius 1 is 1.00 bits per heavy atom. The van der Waals surface area contributed by atoms with Gasteiger partial charge in [-0.1, -0.05) is 64.1 Å². The summed E-state index contributed by atoms with van der Waals surface area (Å²) in [7, 11) is 0. The van der Waals surface area contributed by atoms with Gasteiger partial charge in [-0.25, -0.2) is 9.97 Å². The van der Waals surface area contributed by atoms with Crippen molar-refractivity contribution < 1.29 is 4.42 Å². The van der Waals surface area contributed by atoms with Crippen LogP contribution in [-0.4, -0.2) is 20.2 Å². The number of thioether (sulfide) groups is 1. The molecule has 0 amide bonds. The summed E-state index contributed by atoms with van der Waals surface area (Å²) in [4.78, 5) is 9.04. The maximum absolute atomic E-state index is 5.55. The molecular formula is C18H13BrN4OS. The lowest BCUT2D eigenvalue weighted by Gasteiger charge is -1.98. The molecule has 5 nitrogen and oxygen atoms in total. The normalized spacial score (nSPS) is 10.9. The molecule has 4 aromatic rings. The van der Waals surface area contributed by atoms with Crippen LogP contribution in [0.2, 0.25) is 0 Å². The van der Waals surface area contributed by atoms with E-state index in [1.54, 1.807) is 6.26 Å². The van der Waals surface area contributed by atoms with Crippen LogP contribution in [0.1, 0.15) is 5.69 Å². The summed E-state index contributed by atoms with van der Waals surface area (Å²) in [5.74, 6) is 2.00. The highest BCUT2D eigenvalue weighted by atomic mass is 79.9. The van der Waals surface area contributed by atoms with Crippen molar-refractivity contribution in [2.75, 3.05) is 0 Å². The summed E-state index contributed by atoms with van der Waals surface area (Å²) >= 11 is 5.04. The van der Waals surface area contributed by atoms with Crippen molar-refractivity contribution in [3.05, 3.63) is 71.0 Å². The standard InChI is InChI=1S/C18H13BrN4OS/c19-15-9-5-4-8-14(15)16-21-18(23-22-16)25-11-13-10-24-17(20-13)12-6-2-1-3-7-12/h1-10H,11H2,(H,21,22,23). The van der Waals surface area contributed by atoms with Crippen molar-refractivity contribution in [1.29, 1.82) is 0 Å². The van der Waals surface area contributed by atoms with Gasteiger partial charge in [0, 0.05) is 21.4 Å². The molecule has 0 aliphatic heterocycles. The van der Waals surface area contributed by atoms with Gasteiger partial charge in [0.25, 0.3) is 0 Å². The van der Waals surface area contributed by atoms with Crippen molar-refractivity contribution in [2.24, 2.45) is 0 Å². The van der Waals surface area contributed by atoms with Crippen molar-refractivity contribution in [3.63, 3.8) is 0 Å². The maximum atomic E-state index is 5.55. The second-order valence-electron chi connectivity index (χ2n) is 5.25. The highest BCUT2D eigenvalue weighted by Gasteiger charge is 2.11. The van der Waals surface area contributed by atoms with E-state index >= 15 is 0 Å². The second-order valence-corrected chi connectivity index (χ2v) is 7.04. The molecule has 0 bridgehead atoms. The molecule has 0 atom stereocenters. The van der Waals surface area contributed by atoms with Gasteiger partial charge in [-0.2, -0.15) is 0 Å². The largest absolute Gasteiger partial charge is 0.444 e. The highest BCUT2D eigenvalue weighted by Crippen LogP contribution is 2.28. The van der Waals surface area contributed by atoms with Crippen LogP contribution in [0.5, 0.6) is 0 Å². The molecule has 0 aliphatic carbocycles. The number of hydrogen-bond donors (Lipinski definition) is 1. The van der Waals surface area contributed by atoms with E-state index in [0.717, 1.165) is 27.1 Å². The third-order valence-corrected chi connectivity index (χ3v) is 5.09. The zero-order chi connectivity index (χ0) is 17.1. The Bertz CT molecular complexity index is 983. The van der Waals surface area contributed by atoms with Crippen molar-refractivity contribution in [1.82, 2.24) is 20.2 Å². The fourth-order valence-electron chi connectivity index (χ4n) is 2.31. The fourth-order valence-corrected chi connectivity index (χ4v) is 3.46. The Morgan fingerprint density at radius 3 is 2.64 bits per heavy atom. The summed E-state index contributed by atoms with van der Waals surface area (Å²) in [6, 6.07) is 17.7. The molecule has 4 rings (SSSR count). The predicted octanol–water partition coefficient (Wildman–Crippen LogP) is 5.18. The number of hydrogen-bond acceptors (Lipinski definition) is 5. The number of nitrogens with zero attached hydrogens (tertiary/aromatic N) is 3. The average Bonchev–Trinajstić information content (AvgIpc) is 3.31. The minimum absolute atomic E-state index is 0.625. The van der Waals surface area contributed by atoms with Gasteiger partial charge in [0.2, 0.25) is 11.0 Å². The Hall–Kier alpha value is -2.38. The van der Waals surface area contributed by atoms with Crippen LogP contribution in [0.15, 0.2) is 74.9 Å². The molecule has 2 heterocycles. The van der Waals surface area contributed by atoms with Crippen LogP contribution in [0, 0.1) is 0 Å². The van der Waals surface area contributed by atoms with E-state index in [9.17, 15) is 0 Å². The Morgan fingerprint density at radius 2 is 1.80 bits per heavy atom. The minimum atomic E-state index is 0.625. The van der Waals surface area contributed by atoms with Gasteiger partial charge in [-0.05, 0) is 18.2 Å². The van der Waals surface area contributed by atoms with Gasteiger partial charge in [0.1, 0.15) is 6.26 Å². The van der Waals surface area contributed by atoms with E-state index in [4.69, 9.17) is 4.42 Å². The number of halogens is 1. The summed E-state index contributed by atoms with van der Waals surface area (Å²) < 4.78 is 6.53. The van der Waals surface area contributed by atoms with Gasteiger partial charge in [0.05, 0.1) is 5.69 Å². The first-order valence-corrected chi connectivity index (χ1v) is 9.37. The van der Waals surface area contributed by atoms with E-state index in [1.807, 2.05) is 54.6 Å². The third-order valence-electron chi connectivity index (χ3n) is 3.52. The molecule has 0 unspecified atom stereocenters. The van der Waals surface area contributed by atoms with Crippen LogP contribution in [0.4, 0.5) is 0 Å². The lowest BCUT2D eigenvalue weighted by Crippen LogP contribution is -1.84. The van der Waals surface area contributed by atoms with Crippen molar-refractivity contribution in [3.8, 4) is 22.8 Å². The molecule has 0 spiro atoms. The van der Waals surface area contributed by atoms with Crippen molar-refractivity contribution in [2.45, 2.75) is 10.9 Å². The molecule has 25 heavy (non-hydrogen) atoms. The van der Waals surface area contributed by atoms with E-state index in [0.29, 0.717) is 16.8 Å². The monoisotopic (exact) mass is 412 g/mol. The summed E-state index contributed by atoms with van der Waals surface area (Å²) in [6.07, 6.45) is 1.68. The van der Waals surface area contributed by atoms with Crippen molar-refractivity contribution >= 4 is 27.7 Å². The first kappa shape index (κ1) is 16.1. The molecule has 2 aromatic carbocycles. The van der Waals surface area contributed by atoms with E-state index < -0.39 is 0 Å². The maximum Gasteiger partial charge on any atom is 0.226 e. The van der Waals surface area contributed by atoms with Gasteiger partial charge >= 0.3 is 0 Å². The highest BCUT2D eigenvalue weighted by molar-refractivity contribution is 9.10. The molecular weight excluding hydrogens is 400 g/mol. The molecule has 0 saturated carbocycles. The summed E-state index contributed by atoms with van der Waals surface area (Å²) in [5.41, 5.74) is 2.80. The molecule has 1 N–H and O–H groups in total. The number of oxazole rings is 1. The Balaban J connectivity index is 1.44. The lowest BCUT2D eigenvalue weighted by atomic mass is 10.2. The molecule has 0 aliphatic rings. The Labute approximate surface area is 157 Å². The molecule has 7 heteroatoms. The zero-order valence-electron chi connectivity index (χ0n) is 13.0. The molecule has 0 saturated heterocycles. The summed E-state index contributed by atoms with van der Waals surface area (Å²) in [5, 5.41) is 7.91. The quantitative estimate of drug-likeness (QED) is 0.457. The number of aromatic amines is 1. The van der Waals surface area contributed by atoms with Crippen LogP contribution in [0.3, 0.4) is 0 Å². The van der Waals surface area contributed by atoms with E-state index in [2.05, 4.69) is 36.1 Å². The number of rotatable bonds is 5. The molecule has 0 radical (unpaired) electrons. The SMILES string of the molecule is Brc1ccccc1-c1nc(SCc2coc(-c3ccccc3)n2)n[nH]1. The second kappa shape index (κ2) is 7.25. The number of aromatic nitrogens is 4.